The number of hydrogen-bond donors (Lipinski definition) is 2. The maximum atomic E-state index is 12.0. The van der Waals surface area contributed by atoms with Gasteiger partial charge in [-0.15, -0.1) is 0 Å². The van der Waals surface area contributed by atoms with Crippen molar-refractivity contribution in [2.45, 2.75) is 13.5 Å². The van der Waals surface area contributed by atoms with Gasteiger partial charge in [0.1, 0.15) is 5.69 Å². The molecule has 0 saturated heterocycles. The molecular weight excluding hydrogens is 270 g/mol. The summed E-state index contributed by atoms with van der Waals surface area (Å²) < 4.78 is 4.92. The molecule has 0 fully saturated rings. The van der Waals surface area contributed by atoms with E-state index in [0.29, 0.717) is 17.4 Å². The summed E-state index contributed by atoms with van der Waals surface area (Å²) in [6.45, 7) is 1.90. The van der Waals surface area contributed by atoms with Crippen LogP contribution < -0.4 is 5.32 Å². The van der Waals surface area contributed by atoms with Gasteiger partial charge in [-0.1, -0.05) is 35.5 Å². The lowest BCUT2D eigenvalue weighted by atomic mass is 10.1. The number of carbonyl (C=O) groups excluding carboxylic acids is 1. The molecule has 0 unspecified atom stereocenters. The minimum atomic E-state index is -0.277. The molecule has 0 spiro atoms. The molecule has 2 aromatic heterocycles. The van der Waals surface area contributed by atoms with Gasteiger partial charge in [0.25, 0.3) is 5.91 Å². The van der Waals surface area contributed by atoms with Crippen molar-refractivity contribution in [2.75, 3.05) is 0 Å². The largest absolute Gasteiger partial charge is 0.342 e. The lowest BCUT2D eigenvalue weighted by molar-refractivity contribution is 0.0941. The van der Waals surface area contributed by atoms with Gasteiger partial charge in [-0.25, -0.2) is 0 Å². The van der Waals surface area contributed by atoms with Gasteiger partial charge in [0.15, 0.2) is 5.82 Å². The second-order valence-electron chi connectivity index (χ2n) is 4.45. The van der Waals surface area contributed by atoms with Crippen molar-refractivity contribution in [3.05, 3.63) is 53.8 Å². The Kier molecular flexibility index (Phi) is 3.46. The lowest BCUT2D eigenvalue weighted by Gasteiger charge is -1.98. The van der Waals surface area contributed by atoms with E-state index in [2.05, 4.69) is 25.7 Å². The predicted octanol–water partition coefficient (Wildman–Crippen LogP) is 1.70. The molecule has 0 radical (unpaired) electrons. The van der Waals surface area contributed by atoms with E-state index in [4.69, 9.17) is 4.52 Å². The standard InChI is InChI=1S/C14H13N5O2/c1-9-16-13(21-19-9)8-15-14(20)12-7-11(17-18-12)10-5-3-2-4-6-10/h2-7H,8H2,1H3,(H,15,20)(H,17,18). The first kappa shape index (κ1) is 13.0. The number of amides is 1. The summed E-state index contributed by atoms with van der Waals surface area (Å²) in [5, 5.41) is 13.2. The quantitative estimate of drug-likeness (QED) is 0.759. The van der Waals surface area contributed by atoms with Crippen molar-refractivity contribution < 1.29 is 9.32 Å². The fourth-order valence-corrected chi connectivity index (χ4v) is 1.86. The molecule has 0 saturated carbocycles. The molecule has 1 amide bonds. The van der Waals surface area contributed by atoms with Crippen molar-refractivity contribution in [2.24, 2.45) is 0 Å². The average molecular weight is 283 g/mol. The van der Waals surface area contributed by atoms with Crippen LogP contribution in [-0.4, -0.2) is 26.2 Å². The number of benzene rings is 1. The Balaban J connectivity index is 1.67. The Bertz CT molecular complexity index is 748. The average Bonchev–Trinajstić information content (AvgIpc) is 3.15. The third-order valence-electron chi connectivity index (χ3n) is 2.86. The molecule has 7 heteroatoms. The van der Waals surface area contributed by atoms with Crippen LogP contribution in [0.3, 0.4) is 0 Å². The molecule has 3 rings (SSSR count). The Labute approximate surface area is 120 Å². The second-order valence-corrected chi connectivity index (χ2v) is 4.45. The minimum absolute atomic E-state index is 0.180. The van der Waals surface area contributed by atoms with Crippen LogP contribution in [0.5, 0.6) is 0 Å². The zero-order chi connectivity index (χ0) is 14.7. The van der Waals surface area contributed by atoms with Crippen LogP contribution in [0.15, 0.2) is 40.9 Å². The van der Waals surface area contributed by atoms with E-state index >= 15 is 0 Å². The second kappa shape index (κ2) is 5.58. The highest BCUT2D eigenvalue weighted by atomic mass is 16.5. The van der Waals surface area contributed by atoms with Crippen LogP contribution in [0.4, 0.5) is 0 Å². The topological polar surface area (TPSA) is 96.7 Å². The van der Waals surface area contributed by atoms with Crippen LogP contribution in [0.1, 0.15) is 22.2 Å². The van der Waals surface area contributed by atoms with Crippen molar-refractivity contribution in [1.82, 2.24) is 25.7 Å². The normalized spacial score (nSPS) is 10.5. The van der Waals surface area contributed by atoms with E-state index < -0.39 is 0 Å². The number of H-pyrrole nitrogens is 1. The van der Waals surface area contributed by atoms with Gasteiger partial charge in [0, 0.05) is 5.56 Å². The summed E-state index contributed by atoms with van der Waals surface area (Å²) in [7, 11) is 0. The SMILES string of the molecule is Cc1noc(CNC(=O)c2cc(-c3ccccc3)n[nH]2)n1. The molecule has 21 heavy (non-hydrogen) atoms. The summed E-state index contributed by atoms with van der Waals surface area (Å²) in [5.41, 5.74) is 2.04. The van der Waals surface area contributed by atoms with Crippen molar-refractivity contribution >= 4 is 5.91 Å². The first-order valence-electron chi connectivity index (χ1n) is 6.40. The van der Waals surface area contributed by atoms with E-state index in [-0.39, 0.29) is 12.5 Å². The summed E-state index contributed by atoms with van der Waals surface area (Å²) in [5.74, 6) is 0.622. The fourth-order valence-electron chi connectivity index (χ4n) is 1.86. The number of aromatic amines is 1. The van der Waals surface area contributed by atoms with Gasteiger partial charge in [-0.3, -0.25) is 9.89 Å². The third kappa shape index (κ3) is 2.97. The molecule has 0 bridgehead atoms. The molecule has 2 N–H and O–H groups in total. The first-order chi connectivity index (χ1) is 10.2. The van der Waals surface area contributed by atoms with E-state index in [0.717, 1.165) is 11.3 Å². The van der Waals surface area contributed by atoms with Gasteiger partial charge in [0.2, 0.25) is 5.89 Å². The minimum Gasteiger partial charge on any atom is -0.342 e. The maximum Gasteiger partial charge on any atom is 0.269 e. The van der Waals surface area contributed by atoms with E-state index in [1.807, 2.05) is 30.3 Å². The zero-order valence-corrected chi connectivity index (χ0v) is 11.3. The van der Waals surface area contributed by atoms with Gasteiger partial charge >= 0.3 is 0 Å². The number of aromatic nitrogens is 4. The Hall–Kier alpha value is -2.96. The number of nitrogens with one attached hydrogen (secondary N) is 2. The molecule has 106 valence electrons. The number of rotatable bonds is 4. The van der Waals surface area contributed by atoms with Crippen LogP contribution in [0, 0.1) is 6.92 Å². The van der Waals surface area contributed by atoms with Crippen molar-refractivity contribution in [1.29, 1.82) is 0 Å². The monoisotopic (exact) mass is 283 g/mol. The lowest BCUT2D eigenvalue weighted by Crippen LogP contribution is -2.23. The maximum absolute atomic E-state index is 12.0. The summed E-state index contributed by atoms with van der Waals surface area (Å²) in [4.78, 5) is 16.0. The first-order valence-corrected chi connectivity index (χ1v) is 6.40. The van der Waals surface area contributed by atoms with E-state index in [1.54, 1.807) is 13.0 Å². The fraction of sp³-hybridized carbons (Fsp3) is 0.143. The molecule has 7 nitrogen and oxygen atoms in total. The summed E-state index contributed by atoms with van der Waals surface area (Å²) in [6.07, 6.45) is 0. The molecule has 1 aromatic carbocycles. The number of aryl methyl sites for hydroxylation is 1. The summed E-state index contributed by atoms with van der Waals surface area (Å²) in [6, 6.07) is 11.3. The van der Waals surface area contributed by atoms with Crippen LogP contribution in [0.2, 0.25) is 0 Å². The van der Waals surface area contributed by atoms with Gasteiger partial charge in [-0.05, 0) is 13.0 Å². The van der Waals surface area contributed by atoms with E-state index in [9.17, 15) is 4.79 Å². The highest BCUT2D eigenvalue weighted by Crippen LogP contribution is 2.16. The molecule has 0 aliphatic rings. The van der Waals surface area contributed by atoms with Gasteiger partial charge in [-0.2, -0.15) is 10.1 Å². The van der Waals surface area contributed by atoms with E-state index in [1.165, 1.54) is 0 Å². The molecule has 0 aliphatic carbocycles. The van der Waals surface area contributed by atoms with Crippen LogP contribution in [-0.2, 0) is 6.54 Å². The van der Waals surface area contributed by atoms with Crippen LogP contribution in [0.25, 0.3) is 11.3 Å². The predicted molar refractivity (Wildman–Crippen MR) is 74.2 cm³/mol. The molecule has 2 heterocycles. The zero-order valence-electron chi connectivity index (χ0n) is 11.3. The molecule has 0 aliphatic heterocycles. The Morgan fingerprint density at radius 3 is 2.86 bits per heavy atom. The smallest absolute Gasteiger partial charge is 0.269 e. The third-order valence-corrected chi connectivity index (χ3v) is 2.86. The number of nitrogens with zero attached hydrogens (tertiary/aromatic N) is 3. The Morgan fingerprint density at radius 2 is 2.14 bits per heavy atom. The summed E-state index contributed by atoms with van der Waals surface area (Å²) >= 11 is 0. The number of hydrogen-bond acceptors (Lipinski definition) is 5. The van der Waals surface area contributed by atoms with Crippen molar-refractivity contribution in [3.63, 3.8) is 0 Å². The molecular formula is C14H13N5O2. The molecule has 3 aromatic rings. The Morgan fingerprint density at radius 1 is 1.33 bits per heavy atom. The highest BCUT2D eigenvalue weighted by Gasteiger charge is 2.12. The number of carbonyl (C=O) groups is 1. The highest BCUT2D eigenvalue weighted by molar-refractivity contribution is 5.93. The van der Waals surface area contributed by atoms with Gasteiger partial charge < -0.3 is 9.84 Å². The van der Waals surface area contributed by atoms with Crippen molar-refractivity contribution in [3.8, 4) is 11.3 Å². The molecule has 0 atom stereocenters. The van der Waals surface area contributed by atoms with Crippen LogP contribution >= 0.6 is 0 Å². The van der Waals surface area contributed by atoms with Gasteiger partial charge in [0.05, 0.1) is 12.2 Å².